The van der Waals surface area contributed by atoms with Gasteiger partial charge in [0.1, 0.15) is 0 Å². The number of carboxylic acids is 1. The molecule has 148 valence electrons. The molecule has 3 aromatic rings. The van der Waals surface area contributed by atoms with Crippen molar-refractivity contribution in [2.45, 2.75) is 11.8 Å². The van der Waals surface area contributed by atoms with Crippen LogP contribution in [-0.2, 0) is 10.0 Å². The van der Waals surface area contributed by atoms with Crippen molar-refractivity contribution in [2.75, 3.05) is 10.0 Å². The van der Waals surface area contributed by atoms with Gasteiger partial charge in [-0.2, -0.15) is 0 Å². The Morgan fingerprint density at radius 2 is 1.62 bits per heavy atom. The van der Waals surface area contributed by atoms with Gasteiger partial charge in [0.2, 0.25) is 0 Å². The highest BCUT2D eigenvalue weighted by Gasteiger charge is 2.19. The lowest BCUT2D eigenvalue weighted by Crippen LogP contribution is -2.23. The molecule has 3 rings (SSSR count). The highest BCUT2D eigenvalue weighted by molar-refractivity contribution is 7.92. The fraction of sp³-hybridized carbons (Fsp3) is 0.0476. The predicted molar refractivity (Wildman–Crippen MR) is 107 cm³/mol. The first-order valence-electron chi connectivity index (χ1n) is 8.57. The van der Waals surface area contributed by atoms with Gasteiger partial charge in [-0.15, -0.1) is 0 Å². The SMILES string of the molecule is Cc1cccc(NC(=O)c2ccccc2NS(=O)(=O)c2cccc(C(=O)[O-])c2)c1. The summed E-state index contributed by atoms with van der Waals surface area (Å²) in [5.74, 6) is -1.97. The summed E-state index contributed by atoms with van der Waals surface area (Å²) in [6, 6.07) is 18.1. The number of hydrogen-bond acceptors (Lipinski definition) is 5. The molecule has 0 aromatic heterocycles. The number of carboxylic acid groups (broad SMARTS) is 1. The molecule has 1 amide bonds. The van der Waals surface area contributed by atoms with E-state index in [2.05, 4.69) is 10.0 Å². The second kappa shape index (κ2) is 8.15. The Kier molecular flexibility index (Phi) is 5.65. The number of amides is 1. The number of sulfonamides is 1. The summed E-state index contributed by atoms with van der Waals surface area (Å²) in [6.45, 7) is 1.89. The Labute approximate surface area is 168 Å². The molecule has 0 spiro atoms. The zero-order chi connectivity index (χ0) is 21.0. The molecule has 8 heteroatoms. The van der Waals surface area contributed by atoms with E-state index in [1.165, 1.54) is 30.3 Å². The Balaban J connectivity index is 1.89. The standard InChI is InChI=1S/C21H18N2O5S/c1-14-6-4-8-16(12-14)22-20(24)18-10-2-3-11-19(18)23-29(27,28)17-9-5-7-15(13-17)21(25)26/h2-13,23H,1H3,(H,22,24)(H,25,26)/p-1. The number of aryl methyl sites for hydroxylation is 1. The first kappa shape index (κ1) is 20.1. The number of aromatic carboxylic acids is 1. The van der Waals surface area contributed by atoms with Crippen molar-refractivity contribution >= 4 is 33.3 Å². The molecule has 0 aliphatic heterocycles. The average Bonchev–Trinajstić information content (AvgIpc) is 2.68. The molecule has 0 bridgehead atoms. The van der Waals surface area contributed by atoms with E-state index in [4.69, 9.17) is 0 Å². The van der Waals surface area contributed by atoms with Crippen molar-refractivity contribution in [3.8, 4) is 0 Å². The maximum atomic E-state index is 12.7. The Bertz CT molecular complexity index is 1190. The molecule has 0 atom stereocenters. The number of anilines is 2. The maximum absolute atomic E-state index is 12.7. The lowest BCUT2D eigenvalue weighted by Gasteiger charge is -2.14. The van der Waals surface area contributed by atoms with Crippen LogP contribution in [0.1, 0.15) is 26.3 Å². The van der Waals surface area contributed by atoms with E-state index in [0.29, 0.717) is 5.69 Å². The van der Waals surface area contributed by atoms with Crippen LogP contribution in [0.5, 0.6) is 0 Å². The summed E-state index contributed by atoms with van der Waals surface area (Å²) < 4.78 is 27.7. The van der Waals surface area contributed by atoms with E-state index in [-0.39, 0.29) is 21.7 Å². The van der Waals surface area contributed by atoms with Gasteiger partial charge >= 0.3 is 0 Å². The van der Waals surface area contributed by atoms with Gasteiger partial charge in [-0.05, 0) is 54.4 Å². The van der Waals surface area contributed by atoms with Crippen LogP contribution in [0.15, 0.2) is 77.7 Å². The van der Waals surface area contributed by atoms with Crippen LogP contribution in [-0.4, -0.2) is 20.3 Å². The molecule has 0 aliphatic carbocycles. The highest BCUT2D eigenvalue weighted by atomic mass is 32.2. The minimum Gasteiger partial charge on any atom is -0.545 e. The Morgan fingerprint density at radius 3 is 2.34 bits per heavy atom. The maximum Gasteiger partial charge on any atom is 0.261 e. The largest absolute Gasteiger partial charge is 0.545 e. The summed E-state index contributed by atoms with van der Waals surface area (Å²) in [5.41, 5.74) is 1.46. The lowest BCUT2D eigenvalue weighted by molar-refractivity contribution is -0.255. The molecule has 0 heterocycles. The Hall–Kier alpha value is -3.65. The van der Waals surface area contributed by atoms with Crippen molar-refractivity contribution < 1.29 is 23.1 Å². The minimum absolute atomic E-state index is 0.0662. The molecule has 0 aliphatic rings. The molecule has 0 radical (unpaired) electrons. The predicted octanol–water partition coefficient (Wildman–Crippen LogP) is 2.41. The summed E-state index contributed by atoms with van der Waals surface area (Å²) >= 11 is 0. The third-order valence-corrected chi connectivity index (χ3v) is 5.44. The van der Waals surface area contributed by atoms with Crippen LogP contribution < -0.4 is 15.1 Å². The number of hydrogen-bond donors (Lipinski definition) is 2. The second-order valence-electron chi connectivity index (χ2n) is 6.29. The quantitative estimate of drug-likeness (QED) is 0.649. The number of benzene rings is 3. The van der Waals surface area contributed by atoms with E-state index in [9.17, 15) is 23.1 Å². The molecule has 2 N–H and O–H groups in total. The minimum atomic E-state index is -4.13. The molecule has 0 saturated carbocycles. The van der Waals surface area contributed by atoms with Gasteiger partial charge in [0.05, 0.1) is 22.1 Å². The molecule has 0 fully saturated rings. The smallest absolute Gasteiger partial charge is 0.261 e. The second-order valence-corrected chi connectivity index (χ2v) is 7.97. The van der Waals surface area contributed by atoms with Crippen molar-refractivity contribution in [1.29, 1.82) is 0 Å². The average molecular weight is 409 g/mol. The van der Waals surface area contributed by atoms with Gasteiger partial charge < -0.3 is 15.2 Å². The molecular formula is C21H17N2O5S-. The summed E-state index contributed by atoms with van der Waals surface area (Å²) in [7, 11) is -4.13. The van der Waals surface area contributed by atoms with E-state index in [0.717, 1.165) is 11.6 Å². The van der Waals surface area contributed by atoms with Gasteiger partial charge in [0.25, 0.3) is 15.9 Å². The third kappa shape index (κ3) is 4.80. The molecule has 0 unspecified atom stereocenters. The fourth-order valence-electron chi connectivity index (χ4n) is 2.69. The van der Waals surface area contributed by atoms with Crippen LogP contribution in [0.4, 0.5) is 11.4 Å². The van der Waals surface area contributed by atoms with E-state index >= 15 is 0 Å². The fourth-order valence-corrected chi connectivity index (χ4v) is 3.81. The molecule has 7 nitrogen and oxygen atoms in total. The van der Waals surface area contributed by atoms with Gasteiger partial charge in [0.15, 0.2) is 0 Å². The first-order chi connectivity index (χ1) is 13.8. The van der Waals surface area contributed by atoms with Crippen molar-refractivity contribution in [3.05, 3.63) is 89.5 Å². The van der Waals surface area contributed by atoms with Crippen LogP contribution in [0.25, 0.3) is 0 Å². The highest BCUT2D eigenvalue weighted by Crippen LogP contribution is 2.22. The summed E-state index contributed by atoms with van der Waals surface area (Å²) in [4.78, 5) is 23.4. The van der Waals surface area contributed by atoms with Crippen LogP contribution in [0, 0.1) is 6.92 Å². The van der Waals surface area contributed by atoms with E-state index in [1.54, 1.807) is 30.3 Å². The van der Waals surface area contributed by atoms with E-state index < -0.39 is 21.9 Å². The monoisotopic (exact) mass is 409 g/mol. The number of nitrogens with one attached hydrogen (secondary N) is 2. The molecule has 29 heavy (non-hydrogen) atoms. The third-order valence-electron chi connectivity index (χ3n) is 4.07. The number of carbonyl (C=O) groups is 2. The van der Waals surface area contributed by atoms with Crippen molar-refractivity contribution in [2.24, 2.45) is 0 Å². The lowest BCUT2D eigenvalue weighted by atomic mass is 10.1. The topological polar surface area (TPSA) is 115 Å². The number of para-hydroxylation sites is 1. The summed E-state index contributed by atoms with van der Waals surface area (Å²) in [5, 5.41) is 13.7. The van der Waals surface area contributed by atoms with Crippen LogP contribution >= 0.6 is 0 Å². The first-order valence-corrected chi connectivity index (χ1v) is 10.1. The Morgan fingerprint density at radius 1 is 0.897 bits per heavy atom. The van der Waals surface area contributed by atoms with Crippen LogP contribution in [0.3, 0.4) is 0 Å². The van der Waals surface area contributed by atoms with E-state index in [1.807, 2.05) is 13.0 Å². The van der Waals surface area contributed by atoms with Crippen molar-refractivity contribution in [1.82, 2.24) is 0 Å². The van der Waals surface area contributed by atoms with Crippen LogP contribution in [0.2, 0.25) is 0 Å². The zero-order valence-corrected chi connectivity index (χ0v) is 16.2. The van der Waals surface area contributed by atoms with Gasteiger partial charge in [-0.25, -0.2) is 8.42 Å². The normalized spacial score (nSPS) is 10.9. The van der Waals surface area contributed by atoms with Gasteiger partial charge in [-0.3, -0.25) is 9.52 Å². The van der Waals surface area contributed by atoms with Crippen molar-refractivity contribution in [3.63, 3.8) is 0 Å². The van der Waals surface area contributed by atoms with Gasteiger partial charge in [-0.1, -0.05) is 36.4 Å². The summed E-state index contributed by atoms with van der Waals surface area (Å²) in [6.07, 6.45) is 0. The molecule has 0 saturated heterocycles. The number of rotatable bonds is 6. The number of carbonyl (C=O) groups excluding carboxylic acids is 2. The van der Waals surface area contributed by atoms with Gasteiger partial charge in [0, 0.05) is 5.69 Å². The molecular weight excluding hydrogens is 392 g/mol. The zero-order valence-electron chi connectivity index (χ0n) is 15.4. The molecule has 3 aromatic carbocycles.